The first-order valence-electron chi connectivity index (χ1n) is 8.56. The zero-order valence-corrected chi connectivity index (χ0v) is 14.9. The van der Waals surface area contributed by atoms with Crippen LogP contribution < -0.4 is 10.6 Å². The fourth-order valence-electron chi connectivity index (χ4n) is 2.62. The number of nitro groups is 2. The Kier molecular flexibility index (Phi) is 5.81. The summed E-state index contributed by atoms with van der Waals surface area (Å²) in [5.41, 5.74) is 3.84. The molecule has 0 amide bonds. The fourth-order valence-corrected chi connectivity index (χ4v) is 2.62. The van der Waals surface area contributed by atoms with Gasteiger partial charge in [0.2, 0.25) is 0 Å². The van der Waals surface area contributed by atoms with Crippen LogP contribution in [0.1, 0.15) is 11.1 Å². The third-order valence-corrected chi connectivity index (χ3v) is 4.15. The average molecular weight is 378 g/mol. The monoisotopic (exact) mass is 378 g/mol. The molecule has 0 heterocycles. The maximum atomic E-state index is 10.7. The van der Waals surface area contributed by atoms with Crippen molar-refractivity contribution in [2.75, 3.05) is 10.6 Å². The number of anilines is 2. The van der Waals surface area contributed by atoms with Gasteiger partial charge in [0, 0.05) is 48.7 Å². The van der Waals surface area contributed by atoms with Gasteiger partial charge in [0.25, 0.3) is 11.4 Å². The summed E-state index contributed by atoms with van der Waals surface area (Å²) in [6.45, 7) is 1.09. The minimum absolute atomic E-state index is 0.0705. The number of rotatable bonds is 8. The van der Waals surface area contributed by atoms with E-state index in [4.69, 9.17) is 0 Å². The van der Waals surface area contributed by atoms with Gasteiger partial charge in [0.15, 0.2) is 0 Å². The van der Waals surface area contributed by atoms with E-state index in [-0.39, 0.29) is 11.4 Å². The lowest BCUT2D eigenvalue weighted by atomic mass is 10.2. The molecule has 3 aromatic rings. The maximum Gasteiger partial charge on any atom is 0.269 e. The van der Waals surface area contributed by atoms with Gasteiger partial charge in [-0.25, -0.2) is 0 Å². The van der Waals surface area contributed by atoms with Gasteiger partial charge in [-0.3, -0.25) is 20.2 Å². The lowest BCUT2D eigenvalue weighted by Crippen LogP contribution is -2.02. The van der Waals surface area contributed by atoms with Gasteiger partial charge in [-0.15, -0.1) is 0 Å². The third kappa shape index (κ3) is 5.04. The van der Waals surface area contributed by atoms with Crippen molar-refractivity contribution >= 4 is 22.7 Å². The first-order valence-corrected chi connectivity index (χ1v) is 8.56. The third-order valence-electron chi connectivity index (χ3n) is 4.15. The molecule has 0 saturated heterocycles. The van der Waals surface area contributed by atoms with Crippen molar-refractivity contribution in [3.05, 3.63) is 104 Å². The maximum absolute atomic E-state index is 10.7. The Morgan fingerprint density at radius 2 is 1.04 bits per heavy atom. The van der Waals surface area contributed by atoms with Crippen molar-refractivity contribution in [2.45, 2.75) is 13.1 Å². The van der Waals surface area contributed by atoms with Crippen molar-refractivity contribution in [1.82, 2.24) is 0 Å². The number of non-ortho nitro benzene ring substituents is 2. The van der Waals surface area contributed by atoms with Crippen LogP contribution in [0, 0.1) is 20.2 Å². The lowest BCUT2D eigenvalue weighted by Gasteiger charge is -2.10. The van der Waals surface area contributed by atoms with E-state index in [2.05, 4.69) is 10.6 Å². The summed E-state index contributed by atoms with van der Waals surface area (Å²) in [5.74, 6) is 0. The van der Waals surface area contributed by atoms with Crippen LogP contribution in [-0.4, -0.2) is 9.85 Å². The molecule has 0 saturated carbocycles. The van der Waals surface area contributed by atoms with Gasteiger partial charge in [-0.1, -0.05) is 30.3 Å². The Labute approximate surface area is 161 Å². The zero-order chi connectivity index (χ0) is 19.9. The summed E-state index contributed by atoms with van der Waals surface area (Å²) in [5, 5.41) is 28.0. The Hall–Kier alpha value is -3.94. The molecular formula is C20H18N4O4. The van der Waals surface area contributed by atoms with Crippen LogP contribution >= 0.6 is 0 Å². The van der Waals surface area contributed by atoms with E-state index in [1.807, 2.05) is 24.3 Å². The highest BCUT2D eigenvalue weighted by Crippen LogP contribution is 2.19. The molecule has 0 aliphatic carbocycles. The second-order valence-electron chi connectivity index (χ2n) is 6.14. The van der Waals surface area contributed by atoms with Gasteiger partial charge >= 0.3 is 0 Å². The van der Waals surface area contributed by atoms with Crippen molar-refractivity contribution < 1.29 is 9.85 Å². The Morgan fingerprint density at radius 3 is 1.39 bits per heavy atom. The van der Waals surface area contributed by atoms with Crippen molar-refractivity contribution in [3.8, 4) is 0 Å². The van der Waals surface area contributed by atoms with E-state index in [1.54, 1.807) is 24.3 Å². The molecule has 3 aromatic carbocycles. The van der Waals surface area contributed by atoms with E-state index >= 15 is 0 Å². The molecular weight excluding hydrogens is 360 g/mol. The van der Waals surface area contributed by atoms with Crippen LogP contribution in [0.3, 0.4) is 0 Å². The van der Waals surface area contributed by atoms with Crippen LogP contribution in [0.25, 0.3) is 0 Å². The van der Waals surface area contributed by atoms with Crippen molar-refractivity contribution in [2.24, 2.45) is 0 Å². The molecule has 2 N–H and O–H groups in total. The Bertz CT molecular complexity index is 896. The van der Waals surface area contributed by atoms with Crippen LogP contribution in [-0.2, 0) is 13.1 Å². The molecule has 8 heteroatoms. The van der Waals surface area contributed by atoms with E-state index < -0.39 is 9.85 Å². The van der Waals surface area contributed by atoms with Gasteiger partial charge < -0.3 is 10.6 Å². The minimum atomic E-state index is -0.419. The summed E-state index contributed by atoms with van der Waals surface area (Å²) < 4.78 is 0. The number of nitrogens with zero attached hydrogens (tertiary/aromatic N) is 2. The summed E-state index contributed by atoms with van der Waals surface area (Å²) in [6.07, 6.45) is 0. The molecule has 0 radical (unpaired) electrons. The predicted molar refractivity (Wildman–Crippen MR) is 107 cm³/mol. The molecule has 142 valence electrons. The van der Waals surface area contributed by atoms with E-state index in [9.17, 15) is 20.2 Å². The van der Waals surface area contributed by atoms with E-state index in [1.165, 1.54) is 24.3 Å². The highest BCUT2D eigenvalue weighted by molar-refractivity contribution is 5.57. The summed E-state index contributed by atoms with van der Waals surface area (Å²) in [7, 11) is 0. The van der Waals surface area contributed by atoms with Crippen LogP contribution in [0.2, 0.25) is 0 Å². The van der Waals surface area contributed by atoms with Gasteiger partial charge in [-0.05, 0) is 29.3 Å². The highest BCUT2D eigenvalue weighted by Gasteiger charge is 2.05. The van der Waals surface area contributed by atoms with Crippen LogP contribution in [0.5, 0.6) is 0 Å². The van der Waals surface area contributed by atoms with E-state index in [0.717, 1.165) is 22.5 Å². The second kappa shape index (κ2) is 8.63. The van der Waals surface area contributed by atoms with Crippen molar-refractivity contribution in [3.63, 3.8) is 0 Å². The largest absolute Gasteiger partial charge is 0.381 e. The first kappa shape index (κ1) is 18.8. The Morgan fingerprint density at radius 1 is 0.643 bits per heavy atom. The van der Waals surface area contributed by atoms with Gasteiger partial charge in [0.1, 0.15) is 0 Å². The summed E-state index contributed by atoms with van der Waals surface area (Å²) in [4.78, 5) is 20.5. The predicted octanol–water partition coefficient (Wildman–Crippen LogP) is 4.73. The number of benzene rings is 3. The van der Waals surface area contributed by atoms with Crippen LogP contribution in [0.15, 0.2) is 72.8 Å². The molecule has 3 rings (SSSR count). The summed E-state index contributed by atoms with van der Waals surface area (Å²) in [6, 6.07) is 20.6. The van der Waals surface area contributed by atoms with Gasteiger partial charge in [-0.2, -0.15) is 0 Å². The standard InChI is InChI=1S/C20H18N4O4/c25-23(26)19-8-4-15(5-9-19)13-21-17-2-1-3-18(12-17)22-14-16-6-10-20(11-7-16)24(27)28/h1-12,21-22H,13-14H2. The molecule has 28 heavy (non-hydrogen) atoms. The number of hydrogen-bond donors (Lipinski definition) is 2. The molecule has 8 nitrogen and oxygen atoms in total. The molecule has 0 fully saturated rings. The normalized spacial score (nSPS) is 10.3. The quantitative estimate of drug-likeness (QED) is 0.433. The number of hydrogen-bond acceptors (Lipinski definition) is 6. The summed E-state index contributed by atoms with van der Waals surface area (Å²) >= 11 is 0. The molecule has 0 bridgehead atoms. The smallest absolute Gasteiger partial charge is 0.269 e. The lowest BCUT2D eigenvalue weighted by molar-refractivity contribution is -0.385. The van der Waals surface area contributed by atoms with Crippen LogP contribution in [0.4, 0.5) is 22.7 Å². The second-order valence-corrected chi connectivity index (χ2v) is 6.14. The fraction of sp³-hybridized carbons (Fsp3) is 0.100. The molecule has 0 atom stereocenters. The van der Waals surface area contributed by atoms with E-state index in [0.29, 0.717) is 13.1 Å². The zero-order valence-electron chi connectivity index (χ0n) is 14.9. The molecule has 0 aliphatic rings. The van der Waals surface area contributed by atoms with Crippen molar-refractivity contribution in [1.29, 1.82) is 0 Å². The molecule has 0 unspecified atom stereocenters. The minimum Gasteiger partial charge on any atom is -0.381 e. The topological polar surface area (TPSA) is 110 Å². The highest BCUT2D eigenvalue weighted by atomic mass is 16.6. The molecule has 0 spiro atoms. The Balaban J connectivity index is 1.56. The SMILES string of the molecule is O=[N+]([O-])c1ccc(CNc2cccc(NCc3ccc([N+](=O)[O-])cc3)c2)cc1. The first-order chi connectivity index (χ1) is 13.5. The molecule has 0 aromatic heterocycles. The number of nitrogens with one attached hydrogen (secondary N) is 2. The van der Waals surface area contributed by atoms with Gasteiger partial charge in [0.05, 0.1) is 9.85 Å². The average Bonchev–Trinajstić information content (AvgIpc) is 2.71. The molecule has 0 aliphatic heterocycles. The number of nitro benzene ring substituents is 2.